The lowest BCUT2D eigenvalue weighted by molar-refractivity contribution is 0.474. The molecule has 0 saturated heterocycles. The molecular weight excluding hydrogens is 284 g/mol. The third-order valence-corrected chi connectivity index (χ3v) is 4.95. The maximum absolute atomic E-state index is 4.88. The molecule has 0 spiro atoms. The third-order valence-electron chi connectivity index (χ3n) is 4.95. The Morgan fingerprint density at radius 1 is 1.17 bits per heavy atom. The van der Waals surface area contributed by atoms with Crippen LogP contribution in [0.1, 0.15) is 49.6 Å². The van der Waals surface area contributed by atoms with Gasteiger partial charge in [-0.25, -0.2) is 9.97 Å². The first kappa shape index (κ1) is 14.5. The number of nitrogens with zero attached hydrogens (tertiary/aromatic N) is 3. The van der Waals surface area contributed by atoms with E-state index in [4.69, 9.17) is 4.98 Å². The molecule has 2 heterocycles. The minimum Gasteiger partial charge on any atom is -0.373 e. The fraction of sp³-hybridized carbons (Fsp3) is 0.474. The molecule has 1 fully saturated rings. The monoisotopic (exact) mass is 308 g/mol. The Bertz CT molecular complexity index is 734. The predicted octanol–water partition coefficient (Wildman–Crippen LogP) is 3.69. The van der Waals surface area contributed by atoms with E-state index in [9.17, 15) is 0 Å². The Balaban J connectivity index is 1.73. The van der Waals surface area contributed by atoms with Gasteiger partial charge < -0.3 is 10.2 Å². The molecule has 0 radical (unpaired) electrons. The lowest BCUT2D eigenvalue weighted by Crippen LogP contribution is -2.42. The largest absolute Gasteiger partial charge is 0.373 e. The van der Waals surface area contributed by atoms with Crippen molar-refractivity contribution < 1.29 is 0 Å². The standard InChI is InChI=1S/C19H24N4/c1-19(2)12-23(11-14-6-4-5-7-15(14)19)17-10-16(20-3)21-18(22-17)13-8-9-13/h4-7,10,13H,8-9,11-12H2,1-3H3,(H,20,21,22). The third kappa shape index (κ3) is 2.67. The molecule has 120 valence electrons. The van der Waals surface area contributed by atoms with Gasteiger partial charge in [0.1, 0.15) is 17.5 Å². The zero-order valence-corrected chi connectivity index (χ0v) is 14.1. The van der Waals surface area contributed by atoms with Crippen molar-refractivity contribution in [1.82, 2.24) is 9.97 Å². The van der Waals surface area contributed by atoms with Gasteiger partial charge in [-0.2, -0.15) is 0 Å². The van der Waals surface area contributed by atoms with Crippen molar-refractivity contribution in [2.45, 2.75) is 44.6 Å². The summed E-state index contributed by atoms with van der Waals surface area (Å²) in [7, 11) is 1.93. The average Bonchev–Trinajstić information content (AvgIpc) is 3.38. The Morgan fingerprint density at radius 3 is 2.70 bits per heavy atom. The topological polar surface area (TPSA) is 41.0 Å². The van der Waals surface area contributed by atoms with Crippen LogP contribution in [0.3, 0.4) is 0 Å². The van der Waals surface area contributed by atoms with Gasteiger partial charge in [-0.05, 0) is 24.0 Å². The van der Waals surface area contributed by atoms with Gasteiger partial charge in [0.2, 0.25) is 0 Å². The van der Waals surface area contributed by atoms with Crippen LogP contribution in [-0.2, 0) is 12.0 Å². The summed E-state index contributed by atoms with van der Waals surface area (Å²) in [6.45, 7) is 6.54. The van der Waals surface area contributed by atoms with Crippen LogP contribution in [0.4, 0.5) is 11.6 Å². The highest BCUT2D eigenvalue weighted by Crippen LogP contribution is 2.40. The highest BCUT2D eigenvalue weighted by molar-refractivity contribution is 5.53. The van der Waals surface area contributed by atoms with Gasteiger partial charge in [-0.3, -0.25) is 0 Å². The van der Waals surface area contributed by atoms with E-state index in [1.807, 2.05) is 7.05 Å². The smallest absolute Gasteiger partial charge is 0.136 e. The lowest BCUT2D eigenvalue weighted by Gasteiger charge is -2.40. The van der Waals surface area contributed by atoms with E-state index in [0.717, 1.165) is 30.5 Å². The maximum atomic E-state index is 4.88. The van der Waals surface area contributed by atoms with E-state index >= 15 is 0 Å². The van der Waals surface area contributed by atoms with Crippen LogP contribution in [0.25, 0.3) is 0 Å². The molecule has 1 aliphatic heterocycles. The van der Waals surface area contributed by atoms with E-state index in [1.54, 1.807) is 0 Å². The summed E-state index contributed by atoms with van der Waals surface area (Å²) in [4.78, 5) is 11.9. The van der Waals surface area contributed by atoms with Gasteiger partial charge in [0.15, 0.2) is 0 Å². The maximum Gasteiger partial charge on any atom is 0.136 e. The van der Waals surface area contributed by atoms with E-state index in [2.05, 4.69) is 59.4 Å². The van der Waals surface area contributed by atoms with Crippen LogP contribution < -0.4 is 10.2 Å². The molecular formula is C19H24N4. The van der Waals surface area contributed by atoms with Gasteiger partial charge in [0.25, 0.3) is 0 Å². The van der Waals surface area contributed by atoms with Gasteiger partial charge in [0, 0.05) is 37.5 Å². The van der Waals surface area contributed by atoms with Crippen molar-refractivity contribution in [1.29, 1.82) is 0 Å². The van der Waals surface area contributed by atoms with Gasteiger partial charge in [-0.1, -0.05) is 38.1 Å². The molecule has 4 rings (SSSR count). The molecule has 2 aromatic rings. The zero-order chi connectivity index (χ0) is 16.0. The number of hydrogen-bond acceptors (Lipinski definition) is 4. The molecule has 1 aromatic heterocycles. The van der Waals surface area contributed by atoms with Crippen molar-refractivity contribution in [3.63, 3.8) is 0 Å². The Morgan fingerprint density at radius 2 is 1.96 bits per heavy atom. The molecule has 0 amide bonds. The van der Waals surface area contributed by atoms with E-state index in [-0.39, 0.29) is 5.41 Å². The summed E-state index contributed by atoms with van der Waals surface area (Å²) in [5.41, 5.74) is 2.99. The number of fused-ring (bicyclic) bond motifs is 1. The molecule has 1 aromatic carbocycles. The lowest BCUT2D eigenvalue weighted by atomic mass is 9.78. The second-order valence-electron chi connectivity index (χ2n) is 7.39. The van der Waals surface area contributed by atoms with Crippen LogP contribution >= 0.6 is 0 Å². The number of benzene rings is 1. The number of anilines is 2. The average molecular weight is 308 g/mol. The molecule has 1 aliphatic carbocycles. The first-order valence-corrected chi connectivity index (χ1v) is 8.47. The van der Waals surface area contributed by atoms with Crippen LogP contribution in [0.5, 0.6) is 0 Å². The summed E-state index contributed by atoms with van der Waals surface area (Å²) in [5, 5.41) is 3.19. The predicted molar refractivity (Wildman–Crippen MR) is 94.1 cm³/mol. The van der Waals surface area contributed by atoms with Crippen molar-refractivity contribution in [2.24, 2.45) is 0 Å². The normalized spacial score (nSPS) is 19.3. The number of aromatic nitrogens is 2. The minimum absolute atomic E-state index is 0.124. The SMILES string of the molecule is CNc1cc(N2Cc3ccccc3C(C)(C)C2)nc(C2CC2)n1. The summed E-state index contributed by atoms with van der Waals surface area (Å²) < 4.78 is 0. The molecule has 0 atom stereocenters. The van der Waals surface area contributed by atoms with Crippen LogP contribution in [-0.4, -0.2) is 23.6 Å². The van der Waals surface area contributed by atoms with Crippen molar-refractivity contribution in [3.8, 4) is 0 Å². The van der Waals surface area contributed by atoms with Gasteiger partial charge in [-0.15, -0.1) is 0 Å². The Kier molecular flexibility index (Phi) is 3.29. The Labute approximate surface area is 138 Å². The molecule has 4 nitrogen and oxygen atoms in total. The van der Waals surface area contributed by atoms with Crippen LogP contribution in [0.2, 0.25) is 0 Å². The van der Waals surface area contributed by atoms with Crippen molar-refractivity contribution in [3.05, 3.63) is 47.3 Å². The Hall–Kier alpha value is -2.10. The van der Waals surface area contributed by atoms with E-state index in [1.165, 1.54) is 24.0 Å². The van der Waals surface area contributed by atoms with Crippen molar-refractivity contribution in [2.75, 3.05) is 23.8 Å². The fourth-order valence-corrected chi connectivity index (χ4v) is 3.57. The molecule has 2 aliphatic rings. The first-order valence-electron chi connectivity index (χ1n) is 8.47. The molecule has 4 heteroatoms. The number of rotatable bonds is 3. The highest BCUT2D eigenvalue weighted by atomic mass is 15.2. The number of nitrogens with one attached hydrogen (secondary N) is 1. The van der Waals surface area contributed by atoms with Gasteiger partial charge >= 0.3 is 0 Å². The highest BCUT2D eigenvalue weighted by Gasteiger charge is 2.33. The van der Waals surface area contributed by atoms with Gasteiger partial charge in [0.05, 0.1) is 0 Å². The second-order valence-corrected chi connectivity index (χ2v) is 7.39. The summed E-state index contributed by atoms with van der Waals surface area (Å²) in [6, 6.07) is 10.9. The molecule has 23 heavy (non-hydrogen) atoms. The first-order chi connectivity index (χ1) is 11.1. The fourth-order valence-electron chi connectivity index (χ4n) is 3.57. The van der Waals surface area contributed by atoms with E-state index < -0.39 is 0 Å². The van der Waals surface area contributed by atoms with Crippen LogP contribution in [0, 0.1) is 0 Å². The summed E-state index contributed by atoms with van der Waals surface area (Å²) in [5.74, 6) is 3.54. The summed E-state index contributed by atoms with van der Waals surface area (Å²) >= 11 is 0. The van der Waals surface area contributed by atoms with E-state index in [0.29, 0.717) is 5.92 Å². The molecule has 0 unspecified atom stereocenters. The molecule has 0 bridgehead atoms. The van der Waals surface area contributed by atoms with Crippen molar-refractivity contribution >= 4 is 11.6 Å². The van der Waals surface area contributed by atoms with Crippen LogP contribution in [0.15, 0.2) is 30.3 Å². The summed E-state index contributed by atoms with van der Waals surface area (Å²) in [6.07, 6.45) is 2.45. The second kappa shape index (κ2) is 5.22. The zero-order valence-electron chi connectivity index (χ0n) is 14.1. The quantitative estimate of drug-likeness (QED) is 0.939. The number of hydrogen-bond donors (Lipinski definition) is 1. The molecule has 1 N–H and O–H groups in total. The molecule has 1 saturated carbocycles. The minimum atomic E-state index is 0.124.